The van der Waals surface area contributed by atoms with E-state index in [9.17, 15) is 4.79 Å². The number of hydrogen-bond acceptors (Lipinski definition) is 3. The summed E-state index contributed by atoms with van der Waals surface area (Å²) in [4.78, 5) is 16.9. The molecule has 1 aliphatic rings. The van der Waals surface area contributed by atoms with Gasteiger partial charge in [0, 0.05) is 26.2 Å². The van der Waals surface area contributed by atoms with Gasteiger partial charge in [-0.2, -0.15) is 0 Å². The third kappa shape index (κ3) is 4.14. The lowest BCUT2D eigenvalue weighted by molar-refractivity contribution is -0.140. The lowest BCUT2D eigenvalue weighted by Gasteiger charge is -2.35. The zero-order chi connectivity index (χ0) is 16.1. The van der Waals surface area contributed by atoms with Crippen molar-refractivity contribution < 1.29 is 9.53 Å². The summed E-state index contributed by atoms with van der Waals surface area (Å²) in [5, 5.41) is 0.549. The van der Waals surface area contributed by atoms with Crippen LogP contribution < -0.4 is 4.74 Å². The highest BCUT2D eigenvalue weighted by atomic mass is 35.5. The standard InChI is InChI=1S/C17H25ClN2O2/c1-4-15(22-16-12-13(3)6-7-14(16)18)17(21)20-10-8-19(5-2)9-11-20/h6-7,12,15H,4-5,8-11H2,1-3H3/t15-/m1/s1. The van der Waals surface area contributed by atoms with E-state index in [1.54, 1.807) is 0 Å². The molecule has 1 fully saturated rings. The number of ether oxygens (including phenoxy) is 1. The second kappa shape index (κ2) is 7.84. The van der Waals surface area contributed by atoms with Gasteiger partial charge in [0.2, 0.25) is 0 Å². The van der Waals surface area contributed by atoms with Crippen LogP contribution in [-0.2, 0) is 4.79 Å². The minimum atomic E-state index is -0.465. The first-order chi connectivity index (χ1) is 10.5. The summed E-state index contributed by atoms with van der Waals surface area (Å²) in [6.45, 7) is 10.5. The van der Waals surface area contributed by atoms with Crippen molar-refractivity contribution in [2.75, 3.05) is 32.7 Å². The summed E-state index contributed by atoms with van der Waals surface area (Å²) >= 11 is 6.17. The van der Waals surface area contributed by atoms with Gasteiger partial charge in [0.15, 0.2) is 6.10 Å². The number of amides is 1. The van der Waals surface area contributed by atoms with Crippen molar-refractivity contribution in [3.8, 4) is 5.75 Å². The number of halogens is 1. The molecule has 0 unspecified atom stereocenters. The molecule has 0 aromatic heterocycles. The fourth-order valence-electron chi connectivity index (χ4n) is 2.65. The Bertz CT molecular complexity index is 513. The number of nitrogens with zero attached hydrogens (tertiary/aromatic N) is 2. The predicted octanol–water partition coefficient (Wildman–Crippen LogP) is 2.97. The summed E-state index contributed by atoms with van der Waals surface area (Å²) < 4.78 is 5.91. The van der Waals surface area contributed by atoms with E-state index in [0.29, 0.717) is 17.2 Å². The van der Waals surface area contributed by atoms with Crippen molar-refractivity contribution in [1.82, 2.24) is 9.80 Å². The van der Waals surface area contributed by atoms with Gasteiger partial charge in [0.25, 0.3) is 5.91 Å². The molecule has 1 amide bonds. The Morgan fingerprint density at radius 1 is 1.27 bits per heavy atom. The van der Waals surface area contributed by atoms with Crippen LogP contribution in [0, 0.1) is 6.92 Å². The first-order valence-corrected chi connectivity index (χ1v) is 8.36. The number of aryl methyl sites for hydroxylation is 1. The second-order valence-corrected chi connectivity index (χ2v) is 6.12. The molecule has 0 spiro atoms. The Morgan fingerprint density at radius 2 is 1.95 bits per heavy atom. The summed E-state index contributed by atoms with van der Waals surface area (Å²) in [5.41, 5.74) is 1.07. The topological polar surface area (TPSA) is 32.8 Å². The molecule has 1 atom stereocenters. The van der Waals surface area contributed by atoms with Crippen LogP contribution in [0.25, 0.3) is 0 Å². The number of carbonyl (C=O) groups excluding carboxylic acids is 1. The number of carbonyl (C=O) groups is 1. The minimum absolute atomic E-state index is 0.0656. The molecule has 0 radical (unpaired) electrons. The highest BCUT2D eigenvalue weighted by Gasteiger charge is 2.27. The van der Waals surface area contributed by atoms with E-state index >= 15 is 0 Å². The molecule has 1 saturated heterocycles. The van der Waals surface area contributed by atoms with Gasteiger partial charge in [-0.05, 0) is 37.6 Å². The van der Waals surface area contributed by atoms with Crippen LogP contribution in [0.5, 0.6) is 5.75 Å². The van der Waals surface area contributed by atoms with Crippen LogP contribution >= 0.6 is 11.6 Å². The second-order valence-electron chi connectivity index (χ2n) is 5.71. The highest BCUT2D eigenvalue weighted by Crippen LogP contribution is 2.27. The molecule has 0 saturated carbocycles. The summed E-state index contributed by atoms with van der Waals surface area (Å²) in [7, 11) is 0. The lowest BCUT2D eigenvalue weighted by Crippen LogP contribution is -2.52. The molecular weight excluding hydrogens is 300 g/mol. The van der Waals surface area contributed by atoms with Crippen molar-refractivity contribution in [3.63, 3.8) is 0 Å². The minimum Gasteiger partial charge on any atom is -0.479 e. The maximum atomic E-state index is 12.7. The van der Waals surface area contributed by atoms with Gasteiger partial charge in [-0.15, -0.1) is 0 Å². The molecule has 5 heteroatoms. The van der Waals surface area contributed by atoms with Gasteiger partial charge in [-0.25, -0.2) is 0 Å². The molecule has 0 aliphatic carbocycles. The molecule has 1 heterocycles. The Labute approximate surface area is 138 Å². The Kier molecular flexibility index (Phi) is 6.09. The molecule has 2 rings (SSSR count). The maximum absolute atomic E-state index is 12.7. The van der Waals surface area contributed by atoms with Crippen LogP contribution in [0.2, 0.25) is 5.02 Å². The van der Waals surface area contributed by atoms with Crippen molar-refractivity contribution in [3.05, 3.63) is 28.8 Å². The van der Waals surface area contributed by atoms with E-state index in [1.165, 1.54) is 0 Å². The summed E-state index contributed by atoms with van der Waals surface area (Å²) in [6.07, 6.45) is 0.171. The Balaban J connectivity index is 2.02. The Hall–Kier alpha value is -1.26. The van der Waals surface area contributed by atoms with E-state index in [1.807, 2.05) is 36.9 Å². The van der Waals surface area contributed by atoms with Gasteiger partial charge in [-0.1, -0.05) is 31.5 Å². The number of rotatable bonds is 5. The third-order valence-electron chi connectivity index (χ3n) is 4.13. The fourth-order valence-corrected chi connectivity index (χ4v) is 2.81. The largest absolute Gasteiger partial charge is 0.479 e. The number of piperazine rings is 1. The maximum Gasteiger partial charge on any atom is 0.263 e. The van der Waals surface area contributed by atoms with Gasteiger partial charge >= 0.3 is 0 Å². The fraction of sp³-hybridized carbons (Fsp3) is 0.588. The van der Waals surface area contributed by atoms with Gasteiger partial charge in [0.1, 0.15) is 5.75 Å². The summed E-state index contributed by atoms with van der Waals surface area (Å²) in [6, 6.07) is 5.62. The number of hydrogen-bond donors (Lipinski definition) is 0. The SMILES string of the molecule is CC[C@@H](Oc1cc(C)ccc1Cl)C(=O)N1CCN(CC)CC1. The molecule has 4 nitrogen and oxygen atoms in total. The zero-order valence-corrected chi connectivity index (χ0v) is 14.4. The highest BCUT2D eigenvalue weighted by molar-refractivity contribution is 6.32. The van der Waals surface area contributed by atoms with Crippen molar-refractivity contribution >= 4 is 17.5 Å². The third-order valence-corrected chi connectivity index (χ3v) is 4.45. The first-order valence-electron chi connectivity index (χ1n) is 7.99. The van der Waals surface area contributed by atoms with Crippen LogP contribution in [0.3, 0.4) is 0 Å². The average molecular weight is 325 g/mol. The van der Waals surface area contributed by atoms with Gasteiger partial charge in [0.05, 0.1) is 5.02 Å². The van der Waals surface area contributed by atoms with Crippen LogP contribution in [0.1, 0.15) is 25.8 Å². The van der Waals surface area contributed by atoms with E-state index in [4.69, 9.17) is 16.3 Å². The quantitative estimate of drug-likeness (QED) is 0.834. The molecule has 0 bridgehead atoms. The molecule has 1 aliphatic heterocycles. The van der Waals surface area contributed by atoms with Crippen molar-refractivity contribution in [2.24, 2.45) is 0 Å². The number of benzene rings is 1. The molecule has 1 aromatic rings. The van der Waals surface area contributed by atoms with Crippen LogP contribution in [-0.4, -0.2) is 54.5 Å². The molecule has 1 aromatic carbocycles. The molecule has 22 heavy (non-hydrogen) atoms. The molecule has 0 N–H and O–H groups in total. The van der Waals surface area contributed by atoms with E-state index in [-0.39, 0.29) is 5.91 Å². The zero-order valence-electron chi connectivity index (χ0n) is 13.6. The average Bonchev–Trinajstić information content (AvgIpc) is 2.55. The van der Waals surface area contributed by atoms with Crippen LogP contribution in [0.15, 0.2) is 18.2 Å². The van der Waals surface area contributed by atoms with Crippen molar-refractivity contribution in [1.29, 1.82) is 0 Å². The van der Waals surface area contributed by atoms with E-state index in [0.717, 1.165) is 38.3 Å². The van der Waals surface area contributed by atoms with E-state index in [2.05, 4.69) is 11.8 Å². The normalized spacial score (nSPS) is 17.4. The number of likely N-dealkylation sites (N-methyl/N-ethyl adjacent to an activating group) is 1. The monoisotopic (exact) mass is 324 g/mol. The van der Waals surface area contributed by atoms with Crippen LogP contribution in [0.4, 0.5) is 0 Å². The smallest absolute Gasteiger partial charge is 0.263 e. The Morgan fingerprint density at radius 3 is 2.55 bits per heavy atom. The van der Waals surface area contributed by atoms with Crippen molar-refractivity contribution in [2.45, 2.75) is 33.3 Å². The van der Waals surface area contributed by atoms with E-state index < -0.39 is 6.10 Å². The first kappa shape index (κ1) is 17.1. The van der Waals surface area contributed by atoms with Gasteiger partial charge in [-0.3, -0.25) is 4.79 Å². The lowest BCUT2D eigenvalue weighted by atomic mass is 10.2. The molecular formula is C17H25ClN2O2. The molecule has 122 valence electrons. The van der Waals surface area contributed by atoms with Gasteiger partial charge < -0.3 is 14.5 Å². The predicted molar refractivity (Wildman–Crippen MR) is 89.6 cm³/mol. The summed E-state index contributed by atoms with van der Waals surface area (Å²) in [5.74, 6) is 0.657.